The summed E-state index contributed by atoms with van der Waals surface area (Å²) in [7, 11) is 3.22. The number of nitrogens with zero attached hydrogens (tertiary/aromatic N) is 3. The highest BCUT2D eigenvalue weighted by Crippen LogP contribution is 2.33. The SMILES string of the molecule is COc1ccc(OC)c(-c2cn(N=Cc3ccccc3)c(N)n2)c1. The van der Waals surface area contributed by atoms with E-state index in [-0.39, 0.29) is 0 Å². The van der Waals surface area contributed by atoms with Crippen LogP contribution in [-0.4, -0.2) is 30.1 Å². The van der Waals surface area contributed by atoms with Gasteiger partial charge in [0.2, 0.25) is 5.95 Å². The highest BCUT2D eigenvalue weighted by atomic mass is 16.5. The molecule has 0 aliphatic rings. The molecule has 6 nitrogen and oxygen atoms in total. The van der Waals surface area contributed by atoms with Crippen LogP contribution in [0.3, 0.4) is 0 Å². The molecule has 3 aromatic rings. The molecule has 0 fully saturated rings. The van der Waals surface area contributed by atoms with Crippen LogP contribution in [0.1, 0.15) is 5.56 Å². The Morgan fingerprint density at radius 2 is 1.88 bits per heavy atom. The zero-order chi connectivity index (χ0) is 16.9. The van der Waals surface area contributed by atoms with Crippen molar-refractivity contribution in [2.75, 3.05) is 20.0 Å². The minimum absolute atomic E-state index is 0.294. The van der Waals surface area contributed by atoms with Crippen molar-refractivity contribution in [3.8, 4) is 22.8 Å². The molecule has 122 valence electrons. The Kier molecular flexibility index (Phi) is 4.47. The monoisotopic (exact) mass is 322 g/mol. The third-order valence-corrected chi connectivity index (χ3v) is 3.53. The van der Waals surface area contributed by atoms with Crippen molar-refractivity contribution in [2.45, 2.75) is 0 Å². The summed E-state index contributed by atoms with van der Waals surface area (Å²) in [6, 6.07) is 15.3. The standard InChI is InChI=1S/C18H18N4O2/c1-23-14-8-9-17(24-2)15(10-14)16-12-22(18(19)21-16)20-11-13-6-4-3-5-7-13/h3-12H,1-2H3,(H2,19,21). The molecule has 1 heterocycles. The molecule has 0 aliphatic carbocycles. The van der Waals surface area contributed by atoms with Crippen LogP contribution in [0.25, 0.3) is 11.3 Å². The molecule has 2 N–H and O–H groups in total. The summed E-state index contributed by atoms with van der Waals surface area (Å²) in [4.78, 5) is 4.37. The molecule has 0 saturated heterocycles. The molecule has 0 amide bonds. The third-order valence-electron chi connectivity index (χ3n) is 3.53. The number of nitrogens with two attached hydrogens (primary N) is 1. The Labute approximate surface area is 140 Å². The van der Waals surface area contributed by atoms with Crippen LogP contribution >= 0.6 is 0 Å². The fraction of sp³-hybridized carbons (Fsp3) is 0.111. The molecule has 0 spiro atoms. The summed E-state index contributed by atoms with van der Waals surface area (Å²) in [5.41, 5.74) is 8.40. The number of hydrogen-bond donors (Lipinski definition) is 1. The summed E-state index contributed by atoms with van der Waals surface area (Å²) < 4.78 is 12.2. The van der Waals surface area contributed by atoms with E-state index in [0.717, 1.165) is 11.1 Å². The first kappa shape index (κ1) is 15.6. The van der Waals surface area contributed by atoms with Gasteiger partial charge in [0.1, 0.15) is 11.5 Å². The van der Waals surface area contributed by atoms with E-state index in [1.807, 2.05) is 48.5 Å². The van der Waals surface area contributed by atoms with Gasteiger partial charge in [0.15, 0.2) is 0 Å². The lowest BCUT2D eigenvalue weighted by Gasteiger charge is -2.08. The van der Waals surface area contributed by atoms with Gasteiger partial charge in [-0.05, 0) is 23.8 Å². The van der Waals surface area contributed by atoms with E-state index in [1.54, 1.807) is 26.6 Å². The van der Waals surface area contributed by atoms with Gasteiger partial charge in [-0.1, -0.05) is 30.3 Å². The van der Waals surface area contributed by atoms with Crippen molar-refractivity contribution in [2.24, 2.45) is 5.10 Å². The molecule has 0 atom stereocenters. The van der Waals surface area contributed by atoms with Crippen molar-refractivity contribution in [1.29, 1.82) is 0 Å². The van der Waals surface area contributed by atoms with E-state index < -0.39 is 0 Å². The number of benzene rings is 2. The summed E-state index contributed by atoms with van der Waals surface area (Å²) in [6.45, 7) is 0. The quantitative estimate of drug-likeness (QED) is 0.733. The Bertz CT molecular complexity index is 857. The van der Waals surface area contributed by atoms with Gasteiger partial charge in [0.05, 0.1) is 32.3 Å². The minimum Gasteiger partial charge on any atom is -0.497 e. The first-order valence-electron chi connectivity index (χ1n) is 7.38. The van der Waals surface area contributed by atoms with E-state index in [9.17, 15) is 0 Å². The van der Waals surface area contributed by atoms with Gasteiger partial charge in [-0.3, -0.25) is 0 Å². The maximum atomic E-state index is 5.97. The largest absolute Gasteiger partial charge is 0.497 e. The van der Waals surface area contributed by atoms with Crippen molar-refractivity contribution in [3.05, 3.63) is 60.3 Å². The molecule has 0 unspecified atom stereocenters. The number of rotatable bonds is 5. The second-order valence-corrected chi connectivity index (χ2v) is 5.05. The average Bonchev–Trinajstić information content (AvgIpc) is 3.01. The highest BCUT2D eigenvalue weighted by Gasteiger charge is 2.12. The number of nitrogen functional groups attached to an aromatic ring is 1. The minimum atomic E-state index is 0.294. The van der Waals surface area contributed by atoms with Crippen LogP contribution in [-0.2, 0) is 0 Å². The zero-order valence-corrected chi connectivity index (χ0v) is 13.5. The van der Waals surface area contributed by atoms with E-state index in [0.29, 0.717) is 23.1 Å². The van der Waals surface area contributed by atoms with Gasteiger partial charge in [-0.25, -0.2) is 9.66 Å². The number of hydrogen-bond acceptors (Lipinski definition) is 5. The number of ether oxygens (including phenoxy) is 2. The first-order valence-corrected chi connectivity index (χ1v) is 7.38. The van der Waals surface area contributed by atoms with E-state index in [2.05, 4.69) is 10.1 Å². The Hall–Kier alpha value is -3.28. The molecule has 3 rings (SSSR count). The summed E-state index contributed by atoms with van der Waals surface area (Å²) >= 11 is 0. The van der Waals surface area contributed by atoms with Gasteiger partial charge in [-0.2, -0.15) is 5.10 Å². The molecule has 0 saturated carbocycles. The predicted molar refractivity (Wildman–Crippen MR) is 94.6 cm³/mol. The second kappa shape index (κ2) is 6.87. The molecule has 0 radical (unpaired) electrons. The van der Waals surface area contributed by atoms with E-state index >= 15 is 0 Å². The molecular formula is C18H18N4O2. The van der Waals surface area contributed by atoms with Gasteiger partial charge < -0.3 is 15.2 Å². The number of imidazole rings is 1. The molecule has 6 heteroatoms. The normalized spacial score (nSPS) is 10.9. The van der Waals surface area contributed by atoms with Crippen molar-refractivity contribution in [3.63, 3.8) is 0 Å². The second-order valence-electron chi connectivity index (χ2n) is 5.05. The highest BCUT2D eigenvalue weighted by molar-refractivity contribution is 5.79. The fourth-order valence-corrected chi connectivity index (χ4v) is 2.29. The molecule has 0 aliphatic heterocycles. The average molecular weight is 322 g/mol. The maximum Gasteiger partial charge on any atom is 0.221 e. The number of methoxy groups -OCH3 is 2. The van der Waals surface area contributed by atoms with Crippen molar-refractivity contribution < 1.29 is 9.47 Å². The Balaban J connectivity index is 1.96. The lowest BCUT2D eigenvalue weighted by atomic mass is 10.1. The van der Waals surface area contributed by atoms with E-state index in [1.165, 1.54) is 4.68 Å². The summed E-state index contributed by atoms with van der Waals surface area (Å²) in [5, 5.41) is 4.35. The Morgan fingerprint density at radius 1 is 1.08 bits per heavy atom. The molecule has 2 aromatic carbocycles. The van der Waals surface area contributed by atoms with Gasteiger partial charge in [0, 0.05) is 5.56 Å². The zero-order valence-electron chi connectivity index (χ0n) is 13.5. The third kappa shape index (κ3) is 3.22. The smallest absolute Gasteiger partial charge is 0.221 e. The molecule has 1 aromatic heterocycles. The lowest BCUT2D eigenvalue weighted by Crippen LogP contribution is -1.96. The molecule has 0 bridgehead atoms. The molecular weight excluding hydrogens is 304 g/mol. The van der Waals surface area contributed by atoms with Gasteiger partial charge in [0.25, 0.3) is 0 Å². The van der Waals surface area contributed by atoms with E-state index in [4.69, 9.17) is 15.2 Å². The van der Waals surface area contributed by atoms with Gasteiger partial charge in [-0.15, -0.1) is 0 Å². The van der Waals surface area contributed by atoms with Crippen LogP contribution in [0.2, 0.25) is 0 Å². The lowest BCUT2D eigenvalue weighted by molar-refractivity contribution is 0.404. The van der Waals surface area contributed by atoms with Crippen LogP contribution < -0.4 is 15.2 Å². The predicted octanol–water partition coefficient (Wildman–Crippen LogP) is 3.03. The Morgan fingerprint density at radius 3 is 2.58 bits per heavy atom. The topological polar surface area (TPSA) is 74.7 Å². The van der Waals surface area contributed by atoms with Crippen molar-refractivity contribution in [1.82, 2.24) is 9.66 Å². The fourth-order valence-electron chi connectivity index (χ4n) is 2.29. The molecule has 24 heavy (non-hydrogen) atoms. The van der Waals surface area contributed by atoms with Gasteiger partial charge >= 0.3 is 0 Å². The van der Waals surface area contributed by atoms with Crippen LogP contribution in [0.5, 0.6) is 11.5 Å². The van der Waals surface area contributed by atoms with Crippen LogP contribution in [0.4, 0.5) is 5.95 Å². The number of aromatic nitrogens is 2. The summed E-state index contributed by atoms with van der Waals surface area (Å²) in [5.74, 6) is 1.70. The maximum absolute atomic E-state index is 5.97. The van der Waals surface area contributed by atoms with Crippen LogP contribution in [0, 0.1) is 0 Å². The number of anilines is 1. The first-order chi connectivity index (χ1) is 11.7. The van der Waals surface area contributed by atoms with Crippen LogP contribution in [0.15, 0.2) is 59.8 Å². The van der Waals surface area contributed by atoms with Crippen molar-refractivity contribution >= 4 is 12.2 Å². The summed E-state index contributed by atoms with van der Waals surface area (Å²) in [6.07, 6.45) is 3.48.